The van der Waals surface area contributed by atoms with E-state index in [9.17, 15) is 0 Å². The van der Waals surface area contributed by atoms with Gasteiger partial charge in [0.05, 0.1) is 5.69 Å². The molecule has 0 fully saturated rings. The largest absolute Gasteiger partial charge is 0.310 e. The van der Waals surface area contributed by atoms with Crippen LogP contribution < -0.4 is 9.80 Å². The molecule has 0 saturated heterocycles. The fourth-order valence-electron chi connectivity index (χ4n) is 9.63. The van der Waals surface area contributed by atoms with Gasteiger partial charge in [-0.1, -0.05) is 194 Å². The van der Waals surface area contributed by atoms with Crippen molar-refractivity contribution in [2.24, 2.45) is 0 Å². The molecule has 0 bridgehead atoms. The molecule has 320 valence electrons. The summed E-state index contributed by atoms with van der Waals surface area (Å²) >= 11 is 0. The molecule has 0 aliphatic heterocycles. The molecule has 0 amide bonds. The van der Waals surface area contributed by atoms with Gasteiger partial charge in [-0.3, -0.25) is 0 Å². The minimum Gasteiger partial charge on any atom is -0.310 e. The fraction of sp³-hybridized carbons (Fsp3) is 0. The molecule has 0 saturated carbocycles. The first kappa shape index (κ1) is 40.5. The average Bonchev–Trinajstić information content (AvgIpc) is 3.41. The molecule has 0 spiro atoms. The predicted molar refractivity (Wildman–Crippen MR) is 292 cm³/mol. The molecule has 0 radical (unpaired) electrons. The molecule has 0 N–H and O–H groups in total. The second kappa shape index (κ2) is 17.8. The van der Waals surface area contributed by atoms with E-state index < -0.39 is 0 Å². The summed E-state index contributed by atoms with van der Waals surface area (Å²) in [6, 6.07) is 96.9. The molecular formula is C66H46N2. The maximum absolute atomic E-state index is 2.44. The van der Waals surface area contributed by atoms with Gasteiger partial charge >= 0.3 is 0 Å². The minimum atomic E-state index is 1.06. The van der Waals surface area contributed by atoms with Crippen molar-refractivity contribution in [3.8, 4) is 22.3 Å². The standard InChI is InChI=1S/C66H46N2/c1-3-19-60(20-4-1)67(61-21-5-2-6-22-61)64-45-59-28-26-48(24-23-47-25-27-49-13-7-10-16-54(49)41-47)42-65(59)66(46-64)68(62-37-33-52(34-38-62)57-31-29-50-14-8-11-17-55(50)43-57)63-39-35-53(36-40-63)58-32-30-51-15-9-12-18-56(51)44-58/h1-46H/b24-23+. The van der Waals surface area contributed by atoms with E-state index in [0.29, 0.717) is 0 Å². The molecule has 12 aromatic rings. The molecule has 0 heterocycles. The van der Waals surface area contributed by atoms with Crippen molar-refractivity contribution in [1.29, 1.82) is 0 Å². The van der Waals surface area contributed by atoms with Crippen LogP contribution in [-0.2, 0) is 0 Å². The molecule has 68 heavy (non-hydrogen) atoms. The van der Waals surface area contributed by atoms with Crippen LogP contribution in [-0.4, -0.2) is 0 Å². The van der Waals surface area contributed by atoms with E-state index in [1.54, 1.807) is 0 Å². The van der Waals surface area contributed by atoms with Gasteiger partial charge < -0.3 is 9.80 Å². The maximum atomic E-state index is 2.44. The van der Waals surface area contributed by atoms with E-state index in [-0.39, 0.29) is 0 Å². The van der Waals surface area contributed by atoms with Gasteiger partial charge in [-0.05, 0) is 156 Å². The Morgan fingerprint density at radius 2 is 0.603 bits per heavy atom. The molecule has 0 aliphatic rings. The first-order chi connectivity index (χ1) is 33.7. The molecule has 2 heteroatoms. The summed E-state index contributed by atoms with van der Waals surface area (Å²) in [6.45, 7) is 0. The Morgan fingerprint density at radius 3 is 1.10 bits per heavy atom. The highest BCUT2D eigenvalue weighted by Crippen LogP contribution is 2.45. The van der Waals surface area contributed by atoms with Gasteiger partial charge in [0.2, 0.25) is 0 Å². The Morgan fingerprint density at radius 1 is 0.221 bits per heavy atom. The number of hydrogen-bond acceptors (Lipinski definition) is 2. The number of fused-ring (bicyclic) bond motifs is 4. The first-order valence-corrected chi connectivity index (χ1v) is 23.3. The van der Waals surface area contributed by atoms with Gasteiger partial charge in [0.15, 0.2) is 0 Å². The van der Waals surface area contributed by atoms with Crippen molar-refractivity contribution in [3.05, 3.63) is 278 Å². The Hall–Kier alpha value is -8.98. The lowest BCUT2D eigenvalue weighted by Gasteiger charge is -2.31. The topological polar surface area (TPSA) is 6.48 Å². The second-order valence-electron chi connectivity index (χ2n) is 17.4. The second-order valence-corrected chi connectivity index (χ2v) is 17.4. The van der Waals surface area contributed by atoms with E-state index in [2.05, 4.69) is 289 Å². The lowest BCUT2D eigenvalue weighted by atomic mass is 9.98. The zero-order chi connectivity index (χ0) is 45.2. The number of para-hydroxylation sites is 2. The zero-order valence-corrected chi connectivity index (χ0v) is 37.5. The normalized spacial score (nSPS) is 11.5. The number of nitrogens with zero attached hydrogens (tertiary/aromatic N) is 2. The molecule has 0 atom stereocenters. The van der Waals surface area contributed by atoms with Crippen molar-refractivity contribution < 1.29 is 0 Å². The summed E-state index contributed by atoms with van der Waals surface area (Å²) in [6.07, 6.45) is 4.46. The summed E-state index contributed by atoms with van der Waals surface area (Å²) in [5.74, 6) is 0. The molecule has 0 aromatic heterocycles. The summed E-state index contributed by atoms with van der Waals surface area (Å²) in [5, 5.41) is 9.71. The van der Waals surface area contributed by atoms with E-state index in [1.165, 1.54) is 60.1 Å². The van der Waals surface area contributed by atoms with Gasteiger partial charge in [0, 0.05) is 33.8 Å². The van der Waals surface area contributed by atoms with Crippen LogP contribution in [0.25, 0.3) is 77.5 Å². The van der Waals surface area contributed by atoms with Crippen molar-refractivity contribution in [3.63, 3.8) is 0 Å². The third kappa shape index (κ3) is 8.06. The summed E-state index contributed by atoms with van der Waals surface area (Å²) in [4.78, 5) is 4.80. The van der Waals surface area contributed by atoms with E-state index in [0.717, 1.165) is 50.5 Å². The van der Waals surface area contributed by atoms with Gasteiger partial charge in [-0.2, -0.15) is 0 Å². The maximum Gasteiger partial charge on any atom is 0.0561 e. The lowest BCUT2D eigenvalue weighted by molar-refractivity contribution is 1.26. The SMILES string of the molecule is C(=C\c1ccc2cc(N(c3ccccc3)c3ccccc3)cc(N(c3ccc(-c4ccc5ccccc5c4)cc3)c3ccc(-c4ccc5ccccc5c4)cc3)c2c1)/c1ccc2ccccc2c1. The van der Waals surface area contributed by atoms with Crippen LogP contribution in [0.2, 0.25) is 0 Å². The Balaban J connectivity index is 1.05. The number of hydrogen-bond donors (Lipinski definition) is 0. The molecular weight excluding hydrogens is 821 g/mol. The third-order valence-corrected chi connectivity index (χ3v) is 13.1. The van der Waals surface area contributed by atoms with Gasteiger partial charge in [0.25, 0.3) is 0 Å². The quantitative estimate of drug-likeness (QED) is 0.126. The van der Waals surface area contributed by atoms with Crippen LogP contribution in [0.1, 0.15) is 11.1 Å². The van der Waals surface area contributed by atoms with Gasteiger partial charge in [0.1, 0.15) is 0 Å². The van der Waals surface area contributed by atoms with Crippen molar-refractivity contribution >= 4 is 89.4 Å². The minimum absolute atomic E-state index is 1.06. The van der Waals surface area contributed by atoms with Crippen LogP contribution in [0, 0.1) is 0 Å². The molecule has 12 rings (SSSR count). The summed E-state index contributed by atoms with van der Waals surface area (Å²) in [7, 11) is 0. The van der Waals surface area contributed by atoms with Crippen LogP contribution in [0.3, 0.4) is 0 Å². The summed E-state index contributed by atoms with van der Waals surface area (Å²) in [5.41, 5.74) is 13.5. The smallest absolute Gasteiger partial charge is 0.0561 e. The van der Waals surface area contributed by atoms with E-state index >= 15 is 0 Å². The average molecular weight is 867 g/mol. The highest BCUT2D eigenvalue weighted by atomic mass is 15.2. The Labute approximate surface area is 397 Å². The molecule has 12 aromatic carbocycles. The van der Waals surface area contributed by atoms with Crippen molar-refractivity contribution in [1.82, 2.24) is 0 Å². The monoisotopic (exact) mass is 866 g/mol. The van der Waals surface area contributed by atoms with Crippen LogP contribution in [0.15, 0.2) is 267 Å². The molecule has 0 unspecified atom stereocenters. The van der Waals surface area contributed by atoms with Crippen molar-refractivity contribution in [2.45, 2.75) is 0 Å². The van der Waals surface area contributed by atoms with Crippen LogP contribution >= 0.6 is 0 Å². The summed E-state index contributed by atoms with van der Waals surface area (Å²) < 4.78 is 0. The van der Waals surface area contributed by atoms with Crippen molar-refractivity contribution in [2.75, 3.05) is 9.80 Å². The molecule has 0 aliphatic carbocycles. The van der Waals surface area contributed by atoms with Gasteiger partial charge in [-0.25, -0.2) is 0 Å². The van der Waals surface area contributed by atoms with E-state index in [1.807, 2.05) is 0 Å². The number of benzene rings is 12. The fourth-order valence-corrected chi connectivity index (χ4v) is 9.63. The number of anilines is 6. The lowest BCUT2D eigenvalue weighted by Crippen LogP contribution is -2.14. The third-order valence-electron chi connectivity index (χ3n) is 13.1. The Bertz CT molecular complexity index is 3620. The highest BCUT2D eigenvalue weighted by molar-refractivity contribution is 6.04. The van der Waals surface area contributed by atoms with Gasteiger partial charge in [-0.15, -0.1) is 0 Å². The first-order valence-electron chi connectivity index (χ1n) is 23.3. The Kier molecular flexibility index (Phi) is 10.6. The number of rotatable bonds is 10. The van der Waals surface area contributed by atoms with E-state index in [4.69, 9.17) is 0 Å². The predicted octanol–water partition coefficient (Wildman–Crippen LogP) is 18.7. The highest BCUT2D eigenvalue weighted by Gasteiger charge is 2.21. The molecule has 2 nitrogen and oxygen atoms in total. The van der Waals surface area contributed by atoms with Crippen LogP contribution in [0.4, 0.5) is 34.1 Å². The zero-order valence-electron chi connectivity index (χ0n) is 37.5. The van der Waals surface area contributed by atoms with Crippen LogP contribution in [0.5, 0.6) is 0 Å².